The molecule has 0 aromatic carbocycles. The van der Waals surface area contributed by atoms with Crippen molar-refractivity contribution in [3.63, 3.8) is 0 Å². The lowest BCUT2D eigenvalue weighted by Crippen LogP contribution is -2.38. The fraction of sp³-hybridized carbons (Fsp3) is 0.833. The Balaban J connectivity index is 2.06. The summed E-state index contributed by atoms with van der Waals surface area (Å²) in [5, 5.41) is 9.76. The van der Waals surface area contributed by atoms with Gasteiger partial charge in [-0.05, 0) is 49.9 Å². The standard InChI is InChI=1S/C12H20O/c1-8-3-5-11-9(2)12(13)6-4-10(11)7-8/h9-13H,1,3-7H2,2H3. The fourth-order valence-corrected chi connectivity index (χ4v) is 3.17. The molecule has 2 aliphatic rings. The average molecular weight is 180 g/mol. The maximum Gasteiger partial charge on any atom is 0.0568 e. The number of allylic oxidation sites excluding steroid dienone is 1. The van der Waals surface area contributed by atoms with Crippen molar-refractivity contribution in [2.75, 3.05) is 0 Å². The molecular weight excluding hydrogens is 160 g/mol. The van der Waals surface area contributed by atoms with Crippen LogP contribution in [0.3, 0.4) is 0 Å². The van der Waals surface area contributed by atoms with Gasteiger partial charge in [0, 0.05) is 0 Å². The second-order valence-electron chi connectivity index (χ2n) is 4.92. The molecule has 0 aromatic heterocycles. The van der Waals surface area contributed by atoms with Crippen LogP contribution < -0.4 is 0 Å². The number of fused-ring (bicyclic) bond motifs is 1. The van der Waals surface area contributed by atoms with Crippen molar-refractivity contribution in [2.45, 2.75) is 45.1 Å². The Morgan fingerprint density at radius 2 is 2.08 bits per heavy atom. The van der Waals surface area contributed by atoms with Gasteiger partial charge in [0.15, 0.2) is 0 Å². The van der Waals surface area contributed by atoms with Gasteiger partial charge in [-0.1, -0.05) is 19.1 Å². The summed E-state index contributed by atoms with van der Waals surface area (Å²) in [5.41, 5.74) is 1.44. The maximum absolute atomic E-state index is 9.76. The van der Waals surface area contributed by atoms with Crippen LogP contribution in [0.15, 0.2) is 12.2 Å². The van der Waals surface area contributed by atoms with Gasteiger partial charge in [0.25, 0.3) is 0 Å². The lowest BCUT2D eigenvalue weighted by molar-refractivity contribution is 0.00157. The van der Waals surface area contributed by atoms with Gasteiger partial charge < -0.3 is 5.11 Å². The van der Waals surface area contributed by atoms with Crippen LogP contribution in [-0.2, 0) is 0 Å². The quantitative estimate of drug-likeness (QED) is 0.568. The molecule has 0 saturated heterocycles. The molecule has 2 saturated carbocycles. The molecular formula is C12H20O. The van der Waals surface area contributed by atoms with E-state index in [1.807, 2.05) is 0 Å². The first-order valence-corrected chi connectivity index (χ1v) is 5.53. The molecule has 0 amide bonds. The predicted octanol–water partition coefficient (Wildman–Crippen LogP) is 2.75. The van der Waals surface area contributed by atoms with Crippen molar-refractivity contribution in [2.24, 2.45) is 17.8 Å². The van der Waals surface area contributed by atoms with E-state index >= 15 is 0 Å². The van der Waals surface area contributed by atoms with Crippen molar-refractivity contribution >= 4 is 0 Å². The number of hydrogen-bond acceptors (Lipinski definition) is 1. The highest BCUT2D eigenvalue weighted by Crippen LogP contribution is 2.44. The van der Waals surface area contributed by atoms with Gasteiger partial charge in [0.05, 0.1) is 6.10 Å². The summed E-state index contributed by atoms with van der Waals surface area (Å²) < 4.78 is 0. The van der Waals surface area contributed by atoms with Crippen LogP contribution in [0.5, 0.6) is 0 Å². The Hall–Kier alpha value is -0.300. The zero-order valence-corrected chi connectivity index (χ0v) is 8.50. The van der Waals surface area contributed by atoms with Gasteiger partial charge in [-0.15, -0.1) is 0 Å². The first-order chi connectivity index (χ1) is 6.18. The zero-order chi connectivity index (χ0) is 9.42. The minimum Gasteiger partial charge on any atom is -0.393 e. The van der Waals surface area contributed by atoms with E-state index < -0.39 is 0 Å². The minimum atomic E-state index is -0.0346. The van der Waals surface area contributed by atoms with Crippen LogP contribution in [0.1, 0.15) is 39.0 Å². The zero-order valence-electron chi connectivity index (χ0n) is 8.50. The Labute approximate surface area is 80.8 Å². The summed E-state index contributed by atoms with van der Waals surface area (Å²) in [4.78, 5) is 0. The molecule has 1 heteroatoms. The van der Waals surface area contributed by atoms with Crippen molar-refractivity contribution in [3.8, 4) is 0 Å². The van der Waals surface area contributed by atoms with E-state index in [1.165, 1.54) is 31.3 Å². The van der Waals surface area contributed by atoms with E-state index in [2.05, 4.69) is 13.5 Å². The molecule has 4 atom stereocenters. The Morgan fingerprint density at radius 1 is 1.31 bits per heavy atom. The summed E-state index contributed by atoms with van der Waals surface area (Å²) in [6, 6.07) is 0. The van der Waals surface area contributed by atoms with Crippen LogP contribution >= 0.6 is 0 Å². The highest BCUT2D eigenvalue weighted by atomic mass is 16.3. The second kappa shape index (κ2) is 3.45. The predicted molar refractivity (Wildman–Crippen MR) is 54.4 cm³/mol. The first-order valence-electron chi connectivity index (χ1n) is 5.53. The summed E-state index contributed by atoms with van der Waals surface area (Å²) in [6.07, 6.45) is 5.87. The van der Waals surface area contributed by atoms with Gasteiger partial charge in [-0.3, -0.25) is 0 Å². The molecule has 2 fully saturated rings. The van der Waals surface area contributed by atoms with Crippen LogP contribution in [0, 0.1) is 17.8 Å². The third-order valence-corrected chi connectivity index (χ3v) is 4.10. The molecule has 0 spiro atoms. The first kappa shape index (κ1) is 9.26. The highest BCUT2D eigenvalue weighted by Gasteiger charge is 2.37. The van der Waals surface area contributed by atoms with Gasteiger partial charge >= 0.3 is 0 Å². The average Bonchev–Trinajstić information content (AvgIpc) is 2.12. The summed E-state index contributed by atoms with van der Waals surface area (Å²) >= 11 is 0. The molecule has 4 unspecified atom stereocenters. The topological polar surface area (TPSA) is 20.2 Å². The van der Waals surface area contributed by atoms with Crippen LogP contribution in [-0.4, -0.2) is 11.2 Å². The molecule has 13 heavy (non-hydrogen) atoms. The normalized spacial score (nSPS) is 45.8. The van der Waals surface area contributed by atoms with E-state index in [1.54, 1.807) is 0 Å². The van der Waals surface area contributed by atoms with Gasteiger partial charge in [-0.2, -0.15) is 0 Å². The number of hydrogen-bond donors (Lipinski definition) is 1. The number of aliphatic hydroxyl groups excluding tert-OH is 1. The maximum atomic E-state index is 9.76. The van der Waals surface area contributed by atoms with Crippen LogP contribution in [0.2, 0.25) is 0 Å². The number of aliphatic hydroxyl groups is 1. The van der Waals surface area contributed by atoms with Crippen molar-refractivity contribution in [1.82, 2.24) is 0 Å². The fourth-order valence-electron chi connectivity index (χ4n) is 3.17. The third kappa shape index (κ3) is 1.67. The molecule has 1 N–H and O–H groups in total. The van der Waals surface area contributed by atoms with Crippen molar-refractivity contribution in [1.29, 1.82) is 0 Å². The summed E-state index contributed by atoms with van der Waals surface area (Å²) in [6.45, 7) is 6.30. The molecule has 2 rings (SSSR count). The summed E-state index contributed by atoms with van der Waals surface area (Å²) in [7, 11) is 0. The third-order valence-electron chi connectivity index (χ3n) is 4.10. The van der Waals surface area contributed by atoms with Gasteiger partial charge in [0.1, 0.15) is 0 Å². The van der Waals surface area contributed by atoms with Gasteiger partial charge in [-0.25, -0.2) is 0 Å². The van der Waals surface area contributed by atoms with E-state index in [4.69, 9.17) is 0 Å². The molecule has 0 heterocycles. The molecule has 74 valence electrons. The van der Waals surface area contributed by atoms with Crippen LogP contribution in [0.25, 0.3) is 0 Å². The molecule has 0 radical (unpaired) electrons. The number of rotatable bonds is 0. The van der Waals surface area contributed by atoms with E-state index in [0.717, 1.165) is 18.3 Å². The Bertz CT molecular complexity index is 209. The van der Waals surface area contributed by atoms with Gasteiger partial charge in [0.2, 0.25) is 0 Å². The minimum absolute atomic E-state index is 0.0346. The monoisotopic (exact) mass is 180 g/mol. The molecule has 2 aliphatic carbocycles. The smallest absolute Gasteiger partial charge is 0.0568 e. The van der Waals surface area contributed by atoms with Crippen molar-refractivity contribution in [3.05, 3.63) is 12.2 Å². The second-order valence-corrected chi connectivity index (χ2v) is 4.92. The van der Waals surface area contributed by atoms with Crippen LogP contribution in [0.4, 0.5) is 0 Å². The van der Waals surface area contributed by atoms with Crippen molar-refractivity contribution < 1.29 is 5.11 Å². The molecule has 1 nitrogen and oxygen atoms in total. The summed E-state index contributed by atoms with van der Waals surface area (Å²) in [5.74, 6) is 2.13. The largest absolute Gasteiger partial charge is 0.393 e. The molecule has 0 aliphatic heterocycles. The highest BCUT2D eigenvalue weighted by molar-refractivity contribution is 5.04. The van der Waals surface area contributed by atoms with E-state index in [0.29, 0.717) is 5.92 Å². The molecule has 0 aromatic rings. The van der Waals surface area contributed by atoms with E-state index in [-0.39, 0.29) is 6.10 Å². The lowest BCUT2D eigenvalue weighted by Gasteiger charge is -2.43. The van der Waals surface area contributed by atoms with E-state index in [9.17, 15) is 5.11 Å². The Kier molecular flexibility index (Phi) is 2.46. The SMILES string of the molecule is C=C1CCC2C(CCC(O)C2C)C1. The molecule has 0 bridgehead atoms. The Morgan fingerprint density at radius 3 is 2.85 bits per heavy atom. The lowest BCUT2D eigenvalue weighted by atomic mass is 9.64.